The molecule has 0 amide bonds. The number of nitriles is 1. The molecule has 1 fully saturated rings. The maximum atomic E-state index is 12.9. The number of nitrogens with zero attached hydrogens (tertiary/aromatic N) is 2. The fourth-order valence-corrected chi connectivity index (χ4v) is 6.03. The fraction of sp³-hybridized carbons (Fsp3) is 0.462. The Morgan fingerprint density at radius 3 is 2.29 bits per heavy atom. The first-order valence-electron chi connectivity index (χ1n) is 6.41. The highest BCUT2D eigenvalue weighted by Crippen LogP contribution is 2.37. The van der Waals surface area contributed by atoms with Crippen LogP contribution in [0.5, 0.6) is 0 Å². The standard InChI is InChI=1S/C13H13BrCl2N2O2S/c14-9-7-11(15)13(12(16)8-9)21(19,20)18(6-5-17)10-3-1-2-4-10/h7-8,10H,1-4,6H2. The van der Waals surface area contributed by atoms with Crippen molar-refractivity contribution in [3.05, 3.63) is 26.7 Å². The van der Waals surface area contributed by atoms with Crippen LogP contribution in [0.25, 0.3) is 0 Å². The third kappa shape index (κ3) is 3.54. The van der Waals surface area contributed by atoms with Crippen molar-refractivity contribution in [2.24, 2.45) is 0 Å². The smallest absolute Gasteiger partial charge is 0.207 e. The van der Waals surface area contributed by atoms with E-state index in [1.807, 2.05) is 6.07 Å². The summed E-state index contributed by atoms with van der Waals surface area (Å²) in [6.07, 6.45) is 3.44. The van der Waals surface area contributed by atoms with Gasteiger partial charge in [0.1, 0.15) is 11.4 Å². The molecule has 1 aromatic rings. The molecule has 0 N–H and O–H groups in total. The molecule has 1 aliphatic rings. The maximum Gasteiger partial charge on any atom is 0.247 e. The van der Waals surface area contributed by atoms with E-state index >= 15 is 0 Å². The molecule has 1 saturated carbocycles. The number of halogens is 3. The Balaban J connectivity index is 2.51. The second-order valence-corrected chi connectivity index (χ2v) is 8.40. The second kappa shape index (κ2) is 6.84. The van der Waals surface area contributed by atoms with Crippen molar-refractivity contribution in [1.29, 1.82) is 5.26 Å². The van der Waals surface area contributed by atoms with Crippen molar-refractivity contribution in [3.63, 3.8) is 0 Å². The average Bonchev–Trinajstić information content (AvgIpc) is 2.87. The zero-order valence-electron chi connectivity index (χ0n) is 11.0. The van der Waals surface area contributed by atoms with E-state index in [9.17, 15) is 8.42 Å². The largest absolute Gasteiger partial charge is 0.247 e. The van der Waals surface area contributed by atoms with Gasteiger partial charge in [0.25, 0.3) is 0 Å². The van der Waals surface area contributed by atoms with Gasteiger partial charge < -0.3 is 0 Å². The summed E-state index contributed by atoms with van der Waals surface area (Å²) in [5, 5.41) is 9.06. The zero-order valence-corrected chi connectivity index (χ0v) is 14.9. The number of hydrogen-bond donors (Lipinski definition) is 0. The van der Waals surface area contributed by atoms with Crippen molar-refractivity contribution in [2.75, 3.05) is 6.54 Å². The molecular weight excluding hydrogens is 399 g/mol. The topological polar surface area (TPSA) is 61.2 Å². The zero-order chi connectivity index (χ0) is 15.6. The van der Waals surface area contributed by atoms with E-state index < -0.39 is 10.0 Å². The van der Waals surface area contributed by atoms with Gasteiger partial charge >= 0.3 is 0 Å². The third-order valence-corrected chi connectivity index (χ3v) is 6.77. The molecule has 0 saturated heterocycles. The van der Waals surface area contributed by atoms with Crippen LogP contribution in [0, 0.1) is 11.3 Å². The van der Waals surface area contributed by atoms with E-state index in [4.69, 9.17) is 28.5 Å². The lowest BCUT2D eigenvalue weighted by Gasteiger charge is -2.26. The van der Waals surface area contributed by atoms with Crippen LogP contribution in [-0.2, 0) is 10.0 Å². The third-order valence-electron chi connectivity index (χ3n) is 3.49. The number of sulfonamides is 1. The molecule has 8 heteroatoms. The fourth-order valence-electron chi connectivity index (χ4n) is 2.56. The van der Waals surface area contributed by atoms with Crippen LogP contribution in [0.4, 0.5) is 0 Å². The van der Waals surface area contributed by atoms with E-state index in [0.29, 0.717) is 4.47 Å². The quantitative estimate of drug-likeness (QED) is 0.697. The highest BCUT2D eigenvalue weighted by molar-refractivity contribution is 9.10. The van der Waals surface area contributed by atoms with Gasteiger partial charge in [0.2, 0.25) is 10.0 Å². The van der Waals surface area contributed by atoms with Crippen LogP contribution in [-0.4, -0.2) is 25.3 Å². The van der Waals surface area contributed by atoms with Crippen molar-refractivity contribution < 1.29 is 8.42 Å². The van der Waals surface area contributed by atoms with Crippen LogP contribution in [0.15, 0.2) is 21.5 Å². The molecule has 0 bridgehead atoms. The van der Waals surface area contributed by atoms with E-state index in [-0.39, 0.29) is 27.5 Å². The van der Waals surface area contributed by atoms with Crippen LogP contribution in [0.2, 0.25) is 10.0 Å². The summed E-state index contributed by atoms with van der Waals surface area (Å²) in [4.78, 5) is -0.129. The highest BCUT2D eigenvalue weighted by atomic mass is 79.9. The van der Waals surface area contributed by atoms with E-state index in [2.05, 4.69) is 15.9 Å². The Morgan fingerprint density at radius 1 is 1.29 bits per heavy atom. The number of benzene rings is 1. The molecule has 0 heterocycles. The Kier molecular flexibility index (Phi) is 5.55. The predicted molar refractivity (Wildman–Crippen MR) is 85.9 cm³/mol. The molecule has 0 aromatic heterocycles. The van der Waals surface area contributed by atoms with E-state index in [0.717, 1.165) is 25.7 Å². The summed E-state index contributed by atoms with van der Waals surface area (Å²) in [7, 11) is -3.90. The Bertz CT molecular complexity index is 659. The maximum absolute atomic E-state index is 12.9. The van der Waals surface area contributed by atoms with Gasteiger partial charge in [-0.25, -0.2) is 8.42 Å². The summed E-state index contributed by atoms with van der Waals surface area (Å²) >= 11 is 15.4. The Labute approximate surface area is 142 Å². The molecule has 0 atom stereocenters. The SMILES string of the molecule is N#CCN(C1CCCC1)S(=O)(=O)c1c(Cl)cc(Br)cc1Cl. The molecule has 0 spiro atoms. The van der Waals surface area contributed by atoms with Crippen LogP contribution >= 0.6 is 39.1 Å². The van der Waals surface area contributed by atoms with E-state index in [1.165, 1.54) is 16.4 Å². The van der Waals surface area contributed by atoms with Crippen molar-refractivity contribution >= 4 is 49.2 Å². The summed E-state index contributed by atoms with van der Waals surface area (Å²) in [5.74, 6) is 0. The molecule has 21 heavy (non-hydrogen) atoms. The minimum Gasteiger partial charge on any atom is -0.207 e. The molecule has 114 valence electrons. The van der Waals surface area contributed by atoms with Gasteiger partial charge in [0.15, 0.2) is 0 Å². The summed E-state index contributed by atoms with van der Waals surface area (Å²) in [6, 6.07) is 4.73. The molecule has 0 radical (unpaired) electrons. The van der Waals surface area contributed by atoms with Gasteiger partial charge in [-0.05, 0) is 25.0 Å². The molecule has 4 nitrogen and oxygen atoms in total. The van der Waals surface area contributed by atoms with Gasteiger partial charge in [0, 0.05) is 10.5 Å². The van der Waals surface area contributed by atoms with Crippen LogP contribution < -0.4 is 0 Å². The summed E-state index contributed by atoms with van der Waals surface area (Å²) in [6.45, 7) is -0.199. The van der Waals surface area contributed by atoms with Gasteiger partial charge in [-0.15, -0.1) is 0 Å². The number of rotatable bonds is 4. The normalized spacial score (nSPS) is 16.3. The molecular formula is C13H13BrCl2N2O2S. The molecule has 2 rings (SSSR count). The monoisotopic (exact) mass is 410 g/mol. The van der Waals surface area contributed by atoms with Gasteiger partial charge in [-0.1, -0.05) is 52.0 Å². The number of hydrogen-bond acceptors (Lipinski definition) is 3. The summed E-state index contributed by atoms with van der Waals surface area (Å²) < 4.78 is 27.5. The lowest BCUT2D eigenvalue weighted by Crippen LogP contribution is -2.39. The van der Waals surface area contributed by atoms with Crippen molar-refractivity contribution in [1.82, 2.24) is 4.31 Å². The van der Waals surface area contributed by atoms with Gasteiger partial charge in [0.05, 0.1) is 16.1 Å². The lowest BCUT2D eigenvalue weighted by molar-refractivity contribution is 0.350. The first-order chi connectivity index (χ1) is 9.87. The predicted octanol–water partition coefficient (Wildman–Crippen LogP) is 4.21. The van der Waals surface area contributed by atoms with E-state index in [1.54, 1.807) is 0 Å². The average molecular weight is 412 g/mol. The first kappa shape index (κ1) is 17.0. The Hall–Kier alpha value is -0.320. The second-order valence-electron chi connectivity index (χ2n) is 4.85. The Morgan fingerprint density at radius 2 is 1.81 bits per heavy atom. The minimum atomic E-state index is -3.90. The van der Waals surface area contributed by atoms with Crippen molar-refractivity contribution in [3.8, 4) is 6.07 Å². The van der Waals surface area contributed by atoms with Crippen LogP contribution in [0.1, 0.15) is 25.7 Å². The van der Waals surface area contributed by atoms with Crippen LogP contribution in [0.3, 0.4) is 0 Å². The molecule has 0 unspecified atom stereocenters. The lowest BCUT2D eigenvalue weighted by atomic mass is 10.2. The summed E-state index contributed by atoms with van der Waals surface area (Å²) in [5.41, 5.74) is 0. The first-order valence-corrected chi connectivity index (χ1v) is 9.40. The minimum absolute atomic E-state index is 0.0512. The molecule has 0 aliphatic heterocycles. The van der Waals surface area contributed by atoms with Gasteiger partial charge in [-0.3, -0.25) is 0 Å². The molecule has 1 aromatic carbocycles. The highest BCUT2D eigenvalue weighted by Gasteiger charge is 2.35. The molecule has 1 aliphatic carbocycles. The van der Waals surface area contributed by atoms with Crippen molar-refractivity contribution in [2.45, 2.75) is 36.6 Å². The van der Waals surface area contributed by atoms with Gasteiger partial charge in [-0.2, -0.15) is 9.57 Å².